The van der Waals surface area contributed by atoms with Crippen LogP contribution in [0.2, 0.25) is 0 Å². The number of sulfonamides is 1. The lowest BCUT2D eigenvalue weighted by Crippen LogP contribution is -2.50. The van der Waals surface area contributed by atoms with Crippen LogP contribution in [0.5, 0.6) is 11.5 Å². The molecule has 2 aliphatic heterocycles. The van der Waals surface area contributed by atoms with Gasteiger partial charge < -0.3 is 14.4 Å². The highest BCUT2D eigenvalue weighted by Gasteiger charge is 2.29. The van der Waals surface area contributed by atoms with Gasteiger partial charge in [0.15, 0.2) is 11.5 Å². The topological polar surface area (TPSA) is 76.2 Å². The summed E-state index contributed by atoms with van der Waals surface area (Å²) in [4.78, 5) is 14.5. The molecule has 0 aliphatic carbocycles. The summed E-state index contributed by atoms with van der Waals surface area (Å²) in [5, 5.41) is 0. The molecule has 2 heterocycles. The summed E-state index contributed by atoms with van der Waals surface area (Å²) in [6.07, 6.45) is 4.10. The van der Waals surface area contributed by atoms with Crippen LogP contribution in [-0.2, 0) is 14.8 Å². The van der Waals surface area contributed by atoms with E-state index in [0.717, 1.165) is 17.5 Å². The number of aryl methyl sites for hydroxylation is 1. The first kappa shape index (κ1) is 21.4. The van der Waals surface area contributed by atoms with Gasteiger partial charge in [-0.2, -0.15) is 4.31 Å². The molecule has 0 aromatic heterocycles. The van der Waals surface area contributed by atoms with E-state index in [2.05, 4.69) is 0 Å². The van der Waals surface area contributed by atoms with Crippen molar-refractivity contribution in [1.29, 1.82) is 0 Å². The Labute approximate surface area is 182 Å². The Morgan fingerprint density at radius 3 is 2.32 bits per heavy atom. The Kier molecular flexibility index (Phi) is 6.29. The summed E-state index contributed by atoms with van der Waals surface area (Å²) in [5.74, 6) is 1.26. The summed E-state index contributed by atoms with van der Waals surface area (Å²) in [6, 6.07) is 12.4. The number of fused-ring (bicyclic) bond motifs is 1. The van der Waals surface area contributed by atoms with E-state index in [4.69, 9.17) is 9.47 Å². The number of benzene rings is 2. The average Bonchev–Trinajstić information content (AvgIpc) is 3.03. The first-order valence-corrected chi connectivity index (χ1v) is 11.8. The smallest absolute Gasteiger partial charge is 0.246 e. The Morgan fingerprint density at radius 2 is 1.61 bits per heavy atom. The molecule has 2 aromatic carbocycles. The van der Waals surface area contributed by atoms with Crippen molar-refractivity contribution >= 4 is 22.0 Å². The van der Waals surface area contributed by atoms with Crippen LogP contribution in [0.15, 0.2) is 53.4 Å². The predicted molar refractivity (Wildman–Crippen MR) is 118 cm³/mol. The summed E-state index contributed by atoms with van der Waals surface area (Å²) in [7, 11) is -3.54. The molecule has 8 heteroatoms. The molecule has 2 aromatic rings. The van der Waals surface area contributed by atoms with Crippen LogP contribution >= 0.6 is 0 Å². The standard InChI is InChI=1S/C23H26N2O5S/c1-18-3-7-20(8-4-18)31(27,28)25-13-11-24(12-14-25)23(26)10-6-19-5-9-21-22(17-19)30-16-2-15-29-21/h3-10,17H,2,11-16H2,1H3. The van der Waals surface area contributed by atoms with Crippen LogP contribution in [0, 0.1) is 6.92 Å². The van der Waals surface area contributed by atoms with Crippen molar-refractivity contribution in [1.82, 2.24) is 9.21 Å². The molecule has 1 amide bonds. The van der Waals surface area contributed by atoms with Crippen molar-refractivity contribution in [2.75, 3.05) is 39.4 Å². The van der Waals surface area contributed by atoms with Crippen LogP contribution in [0.1, 0.15) is 17.5 Å². The second kappa shape index (κ2) is 9.11. The van der Waals surface area contributed by atoms with Crippen LogP contribution in [0.3, 0.4) is 0 Å². The SMILES string of the molecule is Cc1ccc(S(=O)(=O)N2CCN(C(=O)C=Cc3ccc4c(c3)OCCCO4)CC2)cc1. The quantitative estimate of drug-likeness (QED) is 0.681. The second-order valence-corrected chi connectivity index (χ2v) is 9.57. The van der Waals surface area contributed by atoms with Gasteiger partial charge >= 0.3 is 0 Å². The molecular weight excluding hydrogens is 416 g/mol. The fourth-order valence-electron chi connectivity index (χ4n) is 3.56. The maximum atomic E-state index is 12.8. The van der Waals surface area contributed by atoms with E-state index in [1.807, 2.05) is 25.1 Å². The van der Waals surface area contributed by atoms with E-state index in [0.29, 0.717) is 37.8 Å². The van der Waals surface area contributed by atoms with Gasteiger partial charge in [0, 0.05) is 38.7 Å². The number of nitrogens with zero attached hydrogens (tertiary/aromatic N) is 2. The lowest BCUT2D eigenvalue weighted by molar-refractivity contribution is -0.127. The van der Waals surface area contributed by atoms with Gasteiger partial charge in [0.25, 0.3) is 0 Å². The van der Waals surface area contributed by atoms with Crippen LogP contribution in [0.4, 0.5) is 0 Å². The summed E-state index contributed by atoms with van der Waals surface area (Å²) in [5.41, 5.74) is 1.85. The van der Waals surface area contributed by atoms with Crippen LogP contribution in [-0.4, -0.2) is 62.9 Å². The number of amides is 1. The fraction of sp³-hybridized carbons (Fsp3) is 0.348. The summed E-state index contributed by atoms with van der Waals surface area (Å²) in [6.45, 7) is 4.42. The van der Waals surface area contributed by atoms with Crippen molar-refractivity contribution in [3.8, 4) is 11.5 Å². The fourth-order valence-corrected chi connectivity index (χ4v) is 4.99. The van der Waals surface area contributed by atoms with Crippen molar-refractivity contribution in [3.63, 3.8) is 0 Å². The number of carbonyl (C=O) groups is 1. The molecule has 7 nitrogen and oxygen atoms in total. The molecule has 1 fully saturated rings. The van der Waals surface area contributed by atoms with Crippen molar-refractivity contribution in [2.24, 2.45) is 0 Å². The Balaban J connectivity index is 1.36. The summed E-state index contributed by atoms with van der Waals surface area (Å²) >= 11 is 0. The lowest BCUT2D eigenvalue weighted by atomic mass is 10.2. The highest BCUT2D eigenvalue weighted by Crippen LogP contribution is 2.30. The molecule has 164 valence electrons. The number of hydrogen-bond donors (Lipinski definition) is 0. The number of piperazine rings is 1. The van der Waals surface area contributed by atoms with Gasteiger partial charge in [-0.05, 0) is 42.8 Å². The van der Waals surface area contributed by atoms with E-state index in [1.54, 1.807) is 35.2 Å². The zero-order valence-corrected chi connectivity index (χ0v) is 18.3. The zero-order chi connectivity index (χ0) is 21.8. The third kappa shape index (κ3) is 4.91. The number of hydrogen-bond acceptors (Lipinski definition) is 5. The molecular formula is C23H26N2O5S. The van der Waals surface area contributed by atoms with Gasteiger partial charge in [-0.15, -0.1) is 0 Å². The molecule has 0 N–H and O–H groups in total. The lowest BCUT2D eigenvalue weighted by Gasteiger charge is -2.33. The zero-order valence-electron chi connectivity index (χ0n) is 17.5. The van der Waals surface area contributed by atoms with Gasteiger partial charge in [0.05, 0.1) is 18.1 Å². The molecule has 0 unspecified atom stereocenters. The largest absolute Gasteiger partial charge is 0.490 e. The number of ether oxygens (including phenoxy) is 2. The van der Waals surface area contributed by atoms with E-state index in [-0.39, 0.29) is 23.9 Å². The van der Waals surface area contributed by atoms with E-state index in [1.165, 1.54) is 10.4 Å². The molecule has 2 aliphatic rings. The maximum Gasteiger partial charge on any atom is 0.246 e. The van der Waals surface area contributed by atoms with Crippen molar-refractivity contribution in [3.05, 3.63) is 59.7 Å². The Hall–Kier alpha value is -2.84. The molecule has 0 bridgehead atoms. The average molecular weight is 443 g/mol. The first-order chi connectivity index (χ1) is 14.9. The molecule has 1 saturated heterocycles. The van der Waals surface area contributed by atoms with E-state index >= 15 is 0 Å². The van der Waals surface area contributed by atoms with E-state index < -0.39 is 10.0 Å². The van der Waals surface area contributed by atoms with Gasteiger partial charge in [-0.1, -0.05) is 23.8 Å². The molecule has 0 atom stereocenters. The second-order valence-electron chi connectivity index (χ2n) is 7.63. The van der Waals surface area contributed by atoms with Crippen molar-refractivity contribution < 1.29 is 22.7 Å². The normalized spacial score (nSPS) is 17.5. The number of carbonyl (C=O) groups excluding carboxylic acids is 1. The molecule has 31 heavy (non-hydrogen) atoms. The van der Waals surface area contributed by atoms with Gasteiger partial charge in [0.2, 0.25) is 15.9 Å². The minimum atomic E-state index is -3.54. The molecule has 0 spiro atoms. The highest BCUT2D eigenvalue weighted by atomic mass is 32.2. The van der Waals surface area contributed by atoms with Crippen LogP contribution in [0.25, 0.3) is 6.08 Å². The molecule has 0 radical (unpaired) electrons. The maximum absolute atomic E-state index is 12.8. The van der Waals surface area contributed by atoms with E-state index in [9.17, 15) is 13.2 Å². The number of rotatable bonds is 4. The highest BCUT2D eigenvalue weighted by molar-refractivity contribution is 7.89. The third-order valence-electron chi connectivity index (χ3n) is 5.40. The van der Waals surface area contributed by atoms with Crippen LogP contribution < -0.4 is 9.47 Å². The predicted octanol–water partition coefficient (Wildman–Crippen LogP) is 2.70. The monoisotopic (exact) mass is 442 g/mol. The Morgan fingerprint density at radius 1 is 0.935 bits per heavy atom. The Bertz CT molecular complexity index is 1070. The van der Waals surface area contributed by atoms with Gasteiger partial charge in [-0.25, -0.2) is 8.42 Å². The summed E-state index contributed by atoms with van der Waals surface area (Å²) < 4.78 is 38.4. The first-order valence-electron chi connectivity index (χ1n) is 10.4. The van der Waals surface area contributed by atoms with Crippen molar-refractivity contribution in [2.45, 2.75) is 18.2 Å². The van der Waals surface area contributed by atoms with Gasteiger partial charge in [-0.3, -0.25) is 4.79 Å². The minimum absolute atomic E-state index is 0.139. The molecule has 0 saturated carbocycles. The molecule has 4 rings (SSSR count). The minimum Gasteiger partial charge on any atom is -0.490 e. The third-order valence-corrected chi connectivity index (χ3v) is 7.31. The van der Waals surface area contributed by atoms with Gasteiger partial charge in [0.1, 0.15) is 0 Å².